The third-order valence-electron chi connectivity index (χ3n) is 5.57. The van der Waals surface area contributed by atoms with Gasteiger partial charge >= 0.3 is 0 Å². The lowest BCUT2D eigenvalue weighted by Gasteiger charge is -2.35. The lowest BCUT2D eigenvalue weighted by molar-refractivity contribution is 0.0958. The molecule has 0 atom stereocenters. The number of nitrogens with zero attached hydrogens (tertiary/aromatic N) is 4. The number of aromatic amines is 1. The molecule has 0 aliphatic carbocycles. The minimum atomic E-state index is -0.179. The van der Waals surface area contributed by atoms with Crippen molar-refractivity contribution in [3.05, 3.63) is 64.0 Å². The largest absolute Gasteiger partial charge is 0.368 e. The molecule has 1 amide bonds. The number of amides is 1. The molecule has 0 aromatic carbocycles. The zero-order chi connectivity index (χ0) is 21.1. The molecule has 1 aliphatic rings. The van der Waals surface area contributed by atoms with Crippen molar-refractivity contribution in [3.8, 4) is 0 Å². The zero-order valence-corrected chi connectivity index (χ0v) is 17.3. The lowest BCUT2D eigenvalue weighted by atomic mass is 10.1. The average Bonchev–Trinajstić information content (AvgIpc) is 2.78. The Labute approximate surface area is 175 Å². The van der Waals surface area contributed by atoms with Crippen molar-refractivity contribution in [3.63, 3.8) is 0 Å². The van der Waals surface area contributed by atoms with E-state index < -0.39 is 0 Å². The first kappa shape index (κ1) is 20.0. The summed E-state index contributed by atoms with van der Waals surface area (Å²) in [5.41, 5.74) is 4.00. The van der Waals surface area contributed by atoms with Gasteiger partial charge in [0, 0.05) is 56.9 Å². The molecule has 8 nitrogen and oxygen atoms in total. The van der Waals surface area contributed by atoms with Crippen LogP contribution in [0.15, 0.2) is 41.5 Å². The molecule has 1 aliphatic heterocycles. The number of fused-ring (bicyclic) bond motifs is 1. The molecule has 2 N–H and O–H groups in total. The summed E-state index contributed by atoms with van der Waals surface area (Å²) in [5, 5.41) is 3.55. The van der Waals surface area contributed by atoms with Crippen LogP contribution < -0.4 is 15.8 Å². The van der Waals surface area contributed by atoms with Crippen molar-refractivity contribution in [2.75, 3.05) is 38.1 Å². The molecule has 0 unspecified atom stereocenters. The van der Waals surface area contributed by atoms with Crippen molar-refractivity contribution in [2.24, 2.45) is 0 Å². The number of aryl methyl sites for hydroxylation is 1. The van der Waals surface area contributed by atoms with Crippen LogP contribution in [-0.4, -0.2) is 59.0 Å². The molecule has 8 heteroatoms. The van der Waals surface area contributed by atoms with Crippen molar-refractivity contribution in [1.29, 1.82) is 0 Å². The highest BCUT2D eigenvalue weighted by Crippen LogP contribution is 2.18. The van der Waals surface area contributed by atoms with Crippen LogP contribution in [0, 0.1) is 0 Å². The van der Waals surface area contributed by atoms with E-state index in [1.54, 1.807) is 19.3 Å². The second-order valence-electron chi connectivity index (χ2n) is 7.48. The number of hydrogen-bond donors (Lipinski definition) is 2. The molecule has 156 valence electrons. The Kier molecular flexibility index (Phi) is 5.76. The highest BCUT2D eigenvalue weighted by molar-refractivity contribution is 5.92. The lowest BCUT2D eigenvalue weighted by Crippen LogP contribution is -2.46. The van der Waals surface area contributed by atoms with E-state index in [0.717, 1.165) is 60.6 Å². The van der Waals surface area contributed by atoms with Crippen LogP contribution in [0.2, 0.25) is 0 Å². The number of aromatic nitrogens is 3. The van der Waals surface area contributed by atoms with E-state index in [9.17, 15) is 9.59 Å². The number of nitrogens with one attached hydrogen (secondary N) is 2. The predicted octanol–water partition coefficient (Wildman–Crippen LogP) is 1.56. The smallest absolute Gasteiger partial charge is 0.269 e. The van der Waals surface area contributed by atoms with E-state index in [1.165, 1.54) is 0 Å². The summed E-state index contributed by atoms with van der Waals surface area (Å²) >= 11 is 0. The number of carbonyl (C=O) groups excluding carboxylic acids is 1. The van der Waals surface area contributed by atoms with Crippen molar-refractivity contribution in [2.45, 2.75) is 19.9 Å². The molecular weight excluding hydrogens is 380 g/mol. The minimum Gasteiger partial charge on any atom is -0.368 e. The van der Waals surface area contributed by atoms with Gasteiger partial charge in [-0.3, -0.25) is 19.5 Å². The fourth-order valence-corrected chi connectivity index (χ4v) is 3.77. The van der Waals surface area contributed by atoms with Crippen LogP contribution >= 0.6 is 0 Å². The second kappa shape index (κ2) is 8.62. The summed E-state index contributed by atoms with van der Waals surface area (Å²) in [6.07, 6.45) is 4.31. The maximum atomic E-state index is 12.1. The van der Waals surface area contributed by atoms with Crippen LogP contribution in [-0.2, 0) is 13.0 Å². The minimum absolute atomic E-state index is 0.0215. The summed E-state index contributed by atoms with van der Waals surface area (Å²) < 4.78 is 0. The van der Waals surface area contributed by atoms with E-state index >= 15 is 0 Å². The van der Waals surface area contributed by atoms with Gasteiger partial charge in [0.2, 0.25) is 0 Å². The van der Waals surface area contributed by atoms with Gasteiger partial charge in [-0.15, -0.1) is 0 Å². The Bertz CT molecular complexity index is 1100. The second-order valence-corrected chi connectivity index (χ2v) is 7.48. The number of piperazine rings is 1. The van der Waals surface area contributed by atoms with Gasteiger partial charge < -0.3 is 15.2 Å². The molecule has 4 rings (SSSR count). The molecule has 0 spiro atoms. The van der Waals surface area contributed by atoms with Crippen LogP contribution in [0.1, 0.15) is 28.7 Å². The molecule has 3 aromatic heterocycles. The third-order valence-corrected chi connectivity index (χ3v) is 5.57. The van der Waals surface area contributed by atoms with E-state index in [-0.39, 0.29) is 11.5 Å². The maximum Gasteiger partial charge on any atom is 0.269 e. The monoisotopic (exact) mass is 406 g/mol. The van der Waals surface area contributed by atoms with Gasteiger partial charge in [0.25, 0.3) is 11.5 Å². The Morgan fingerprint density at radius 3 is 2.60 bits per heavy atom. The number of hydrogen-bond acceptors (Lipinski definition) is 6. The molecule has 0 bridgehead atoms. The van der Waals surface area contributed by atoms with E-state index in [1.807, 2.05) is 31.3 Å². The van der Waals surface area contributed by atoms with Gasteiger partial charge in [-0.25, -0.2) is 4.98 Å². The maximum absolute atomic E-state index is 12.1. The fraction of sp³-hybridized carbons (Fsp3) is 0.364. The number of carbonyl (C=O) groups is 1. The summed E-state index contributed by atoms with van der Waals surface area (Å²) in [5.74, 6) is -0.179. The Balaban J connectivity index is 1.38. The van der Waals surface area contributed by atoms with Gasteiger partial charge in [0.05, 0.1) is 23.1 Å². The summed E-state index contributed by atoms with van der Waals surface area (Å²) in [7, 11) is 1.60. The first-order chi connectivity index (χ1) is 14.6. The average molecular weight is 406 g/mol. The summed E-state index contributed by atoms with van der Waals surface area (Å²) in [4.78, 5) is 40.2. The van der Waals surface area contributed by atoms with Gasteiger partial charge in [0.1, 0.15) is 5.69 Å². The quantitative estimate of drug-likeness (QED) is 0.668. The molecule has 1 saturated heterocycles. The number of rotatable bonds is 5. The Morgan fingerprint density at radius 1 is 1.13 bits per heavy atom. The summed E-state index contributed by atoms with van der Waals surface area (Å²) in [6, 6.07) is 7.60. The molecule has 3 aromatic rings. The highest BCUT2D eigenvalue weighted by atomic mass is 16.1. The molecule has 30 heavy (non-hydrogen) atoms. The molecule has 4 heterocycles. The molecule has 0 saturated carbocycles. The van der Waals surface area contributed by atoms with E-state index in [2.05, 4.69) is 30.1 Å². The van der Waals surface area contributed by atoms with E-state index in [4.69, 9.17) is 0 Å². The normalized spacial score (nSPS) is 14.8. The first-order valence-electron chi connectivity index (χ1n) is 10.2. The predicted molar refractivity (Wildman–Crippen MR) is 117 cm³/mol. The SMILES string of the molecule is CCc1cc2cnc(CN3CCN(c4ccc(C(=O)NC)nc4)CC3)cc2[nH]c1=O. The highest BCUT2D eigenvalue weighted by Gasteiger charge is 2.18. The van der Waals surface area contributed by atoms with Gasteiger partial charge in [-0.05, 0) is 30.7 Å². The Hall–Kier alpha value is -3.26. The zero-order valence-electron chi connectivity index (χ0n) is 17.3. The molecule has 0 radical (unpaired) electrons. The molecule has 1 fully saturated rings. The first-order valence-corrected chi connectivity index (χ1v) is 10.2. The number of anilines is 1. The van der Waals surface area contributed by atoms with Gasteiger partial charge in [-0.1, -0.05) is 6.92 Å². The van der Waals surface area contributed by atoms with Crippen LogP contribution in [0.5, 0.6) is 0 Å². The van der Waals surface area contributed by atoms with Gasteiger partial charge in [0.15, 0.2) is 0 Å². The standard InChI is InChI=1S/C22H26N6O2/c1-3-15-10-16-12-24-17(11-20(16)26-21(15)29)14-27-6-8-28(9-7-27)18-4-5-19(25-13-18)22(30)23-2/h4-5,10-13H,3,6-9,14H2,1-2H3,(H,23,30)(H,26,29). The number of H-pyrrole nitrogens is 1. The topological polar surface area (TPSA) is 94.2 Å². The van der Waals surface area contributed by atoms with E-state index in [0.29, 0.717) is 12.1 Å². The fourth-order valence-electron chi connectivity index (χ4n) is 3.77. The number of pyridine rings is 3. The van der Waals surface area contributed by atoms with Crippen molar-refractivity contribution >= 4 is 22.5 Å². The third kappa shape index (κ3) is 4.18. The van der Waals surface area contributed by atoms with Crippen molar-refractivity contribution < 1.29 is 4.79 Å². The molecular formula is C22H26N6O2. The van der Waals surface area contributed by atoms with Crippen LogP contribution in [0.4, 0.5) is 5.69 Å². The van der Waals surface area contributed by atoms with Crippen molar-refractivity contribution in [1.82, 2.24) is 25.2 Å². The Morgan fingerprint density at radius 2 is 1.93 bits per heavy atom. The van der Waals surface area contributed by atoms with Crippen LogP contribution in [0.25, 0.3) is 10.9 Å². The summed E-state index contributed by atoms with van der Waals surface area (Å²) in [6.45, 7) is 6.29. The van der Waals surface area contributed by atoms with Crippen LogP contribution in [0.3, 0.4) is 0 Å². The van der Waals surface area contributed by atoms with Gasteiger partial charge in [-0.2, -0.15) is 0 Å².